The third-order valence-corrected chi connectivity index (χ3v) is 4.70. The predicted octanol–water partition coefficient (Wildman–Crippen LogP) is 3.99. The number of carbonyl (C=O) groups excluding carboxylic acids is 1. The van der Waals surface area contributed by atoms with E-state index in [-0.39, 0.29) is 5.91 Å². The minimum Gasteiger partial charge on any atom is -0.497 e. The molecule has 3 rings (SSSR count). The first kappa shape index (κ1) is 19.9. The lowest BCUT2D eigenvalue weighted by molar-refractivity contribution is -0.120. The molecule has 0 bridgehead atoms. The molecular weight excluding hydrogens is 350 g/mol. The smallest absolute Gasteiger partial charge is 0.224 e. The molecule has 0 saturated heterocycles. The van der Waals surface area contributed by atoms with Gasteiger partial charge in [0.1, 0.15) is 11.6 Å². The molecule has 1 aromatic heterocycles. The van der Waals surface area contributed by atoms with Gasteiger partial charge in [0.05, 0.1) is 24.6 Å². The molecule has 1 heterocycles. The first-order valence-electron chi connectivity index (χ1n) is 9.90. The molecule has 0 unspecified atom stereocenters. The topological polar surface area (TPSA) is 56.1 Å². The van der Waals surface area contributed by atoms with Gasteiger partial charge in [0, 0.05) is 19.5 Å². The number of fused-ring (bicyclic) bond motifs is 1. The van der Waals surface area contributed by atoms with E-state index in [0.717, 1.165) is 42.0 Å². The van der Waals surface area contributed by atoms with Gasteiger partial charge in [-0.2, -0.15) is 0 Å². The fraction of sp³-hybridized carbons (Fsp3) is 0.391. The Morgan fingerprint density at radius 3 is 2.61 bits per heavy atom. The molecule has 3 aromatic rings. The molecule has 0 aliphatic rings. The van der Waals surface area contributed by atoms with Crippen LogP contribution in [0.3, 0.4) is 0 Å². The number of para-hydroxylation sites is 2. The van der Waals surface area contributed by atoms with E-state index in [1.54, 1.807) is 7.11 Å². The summed E-state index contributed by atoms with van der Waals surface area (Å²) in [6, 6.07) is 15.9. The molecule has 148 valence electrons. The van der Waals surface area contributed by atoms with E-state index in [1.807, 2.05) is 30.3 Å². The molecule has 5 heteroatoms. The van der Waals surface area contributed by atoms with Crippen molar-refractivity contribution in [3.63, 3.8) is 0 Å². The molecular formula is C23H29N3O2. The van der Waals surface area contributed by atoms with E-state index >= 15 is 0 Å². The highest BCUT2D eigenvalue weighted by Gasteiger charge is 2.11. The highest BCUT2D eigenvalue weighted by molar-refractivity contribution is 5.78. The van der Waals surface area contributed by atoms with Gasteiger partial charge in [-0.25, -0.2) is 4.98 Å². The van der Waals surface area contributed by atoms with E-state index < -0.39 is 0 Å². The van der Waals surface area contributed by atoms with Crippen LogP contribution in [0.25, 0.3) is 11.0 Å². The van der Waals surface area contributed by atoms with Crippen LogP contribution in [-0.2, 0) is 24.2 Å². The lowest BCUT2D eigenvalue weighted by atomic mass is 10.1. The minimum atomic E-state index is 0.0425. The molecule has 28 heavy (non-hydrogen) atoms. The van der Waals surface area contributed by atoms with Crippen molar-refractivity contribution < 1.29 is 9.53 Å². The van der Waals surface area contributed by atoms with Crippen molar-refractivity contribution >= 4 is 16.9 Å². The third kappa shape index (κ3) is 5.12. The summed E-state index contributed by atoms with van der Waals surface area (Å²) in [5, 5.41) is 3.02. The van der Waals surface area contributed by atoms with Crippen LogP contribution >= 0.6 is 0 Å². The number of imidazole rings is 1. The van der Waals surface area contributed by atoms with Crippen LogP contribution < -0.4 is 10.1 Å². The summed E-state index contributed by atoms with van der Waals surface area (Å²) in [4.78, 5) is 17.0. The zero-order valence-corrected chi connectivity index (χ0v) is 16.9. The predicted molar refractivity (Wildman–Crippen MR) is 113 cm³/mol. The molecule has 2 aromatic carbocycles. The Balaban J connectivity index is 1.52. The standard InChI is InChI=1S/C23H29N3O2/c1-17(2)16-26-21-8-5-4-7-20(21)25-22(26)9-6-14-24-23(27)15-18-10-12-19(28-3)13-11-18/h4-5,7-8,10-13,17H,6,9,14-16H2,1-3H3,(H,24,27). The molecule has 1 N–H and O–H groups in total. The van der Waals surface area contributed by atoms with Gasteiger partial charge in [-0.1, -0.05) is 38.1 Å². The summed E-state index contributed by atoms with van der Waals surface area (Å²) in [6.45, 7) is 6.05. The average molecular weight is 380 g/mol. The van der Waals surface area contributed by atoms with Gasteiger partial charge in [0.2, 0.25) is 5.91 Å². The monoisotopic (exact) mass is 379 g/mol. The highest BCUT2D eigenvalue weighted by Crippen LogP contribution is 2.19. The van der Waals surface area contributed by atoms with E-state index in [0.29, 0.717) is 18.9 Å². The summed E-state index contributed by atoms with van der Waals surface area (Å²) >= 11 is 0. The lowest BCUT2D eigenvalue weighted by Crippen LogP contribution is -2.26. The molecule has 5 nitrogen and oxygen atoms in total. The Kier molecular flexibility index (Phi) is 6.69. The fourth-order valence-electron chi connectivity index (χ4n) is 3.35. The number of carbonyl (C=O) groups is 1. The van der Waals surface area contributed by atoms with Crippen LogP contribution in [0.15, 0.2) is 48.5 Å². The maximum absolute atomic E-state index is 12.2. The Labute approximate surface area is 166 Å². The molecule has 1 amide bonds. The van der Waals surface area contributed by atoms with Gasteiger partial charge < -0.3 is 14.6 Å². The number of hydrogen-bond donors (Lipinski definition) is 1. The molecule has 0 radical (unpaired) electrons. The van der Waals surface area contributed by atoms with Gasteiger partial charge in [-0.3, -0.25) is 4.79 Å². The molecule has 0 atom stereocenters. The van der Waals surface area contributed by atoms with E-state index in [2.05, 4.69) is 41.9 Å². The normalized spacial score (nSPS) is 11.1. The molecule has 0 fully saturated rings. The molecule has 0 spiro atoms. The van der Waals surface area contributed by atoms with Crippen molar-refractivity contribution in [2.75, 3.05) is 13.7 Å². The van der Waals surface area contributed by atoms with Crippen molar-refractivity contribution in [3.05, 3.63) is 59.9 Å². The first-order valence-corrected chi connectivity index (χ1v) is 9.90. The maximum atomic E-state index is 12.2. The maximum Gasteiger partial charge on any atom is 0.224 e. The second-order valence-corrected chi connectivity index (χ2v) is 7.50. The van der Waals surface area contributed by atoms with Gasteiger partial charge in [0.15, 0.2) is 0 Å². The largest absolute Gasteiger partial charge is 0.497 e. The number of aromatic nitrogens is 2. The van der Waals surface area contributed by atoms with Gasteiger partial charge in [-0.15, -0.1) is 0 Å². The number of nitrogens with one attached hydrogen (secondary N) is 1. The van der Waals surface area contributed by atoms with Crippen LogP contribution in [0.2, 0.25) is 0 Å². The van der Waals surface area contributed by atoms with E-state index in [1.165, 1.54) is 5.52 Å². The summed E-state index contributed by atoms with van der Waals surface area (Å²) in [6.07, 6.45) is 2.11. The van der Waals surface area contributed by atoms with Crippen molar-refractivity contribution in [2.24, 2.45) is 5.92 Å². The molecule has 0 saturated carbocycles. The number of rotatable bonds is 9. The Bertz CT molecular complexity index is 913. The average Bonchev–Trinajstić information content (AvgIpc) is 3.03. The van der Waals surface area contributed by atoms with E-state index in [4.69, 9.17) is 9.72 Å². The van der Waals surface area contributed by atoms with Crippen LogP contribution in [0.1, 0.15) is 31.7 Å². The number of nitrogens with zero attached hydrogens (tertiary/aromatic N) is 2. The molecule has 0 aliphatic carbocycles. The summed E-state index contributed by atoms with van der Waals surface area (Å²) in [7, 11) is 1.64. The van der Waals surface area contributed by atoms with Crippen molar-refractivity contribution in [2.45, 2.75) is 39.7 Å². The van der Waals surface area contributed by atoms with Crippen LogP contribution in [0.4, 0.5) is 0 Å². The second kappa shape index (κ2) is 9.40. The third-order valence-electron chi connectivity index (χ3n) is 4.70. The van der Waals surface area contributed by atoms with Gasteiger partial charge in [0.25, 0.3) is 0 Å². The number of aryl methyl sites for hydroxylation is 1. The number of hydrogen-bond acceptors (Lipinski definition) is 3. The van der Waals surface area contributed by atoms with Crippen LogP contribution in [-0.4, -0.2) is 29.1 Å². The second-order valence-electron chi connectivity index (χ2n) is 7.50. The van der Waals surface area contributed by atoms with Gasteiger partial charge in [-0.05, 0) is 42.2 Å². The first-order chi connectivity index (χ1) is 13.6. The Morgan fingerprint density at radius 2 is 1.89 bits per heavy atom. The number of methoxy groups -OCH3 is 1. The van der Waals surface area contributed by atoms with Gasteiger partial charge >= 0.3 is 0 Å². The Hall–Kier alpha value is -2.82. The number of ether oxygens (including phenoxy) is 1. The quantitative estimate of drug-likeness (QED) is 0.572. The lowest BCUT2D eigenvalue weighted by Gasteiger charge is -2.12. The zero-order chi connectivity index (χ0) is 19.9. The van der Waals surface area contributed by atoms with Crippen molar-refractivity contribution in [3.8, 4) is 5.75 Å². The zero-order valence-electron chi connectivity index (χ0n) is 16.9. The van der Waals surface area contributed by atoms with Crippen molar-refractivity contribution in [1.82, 2.24) is 14.9 Å². The number of benzene rings is 2. The minimum absolute atomic E-state index is 0.0425. The summed E-state index contributed by atoms with van der Waals surface area (Å²) in [5.74, 6) is 2.49. The summed E-state index contributed by atoms with van der Waals surface area (Å²) < 4.78 is 7.46. The SMILES string of the molecule is COc1ccc(CC(=O)NCCCc2nc3ccccc3n2CC(C)C)cc1. The Morgan fingerprint density at radius 1 is 1.14 bits per heavy atom. The highest BCUT2D eigenvalue weighted by atomic mass is 16.5. The van der Waals surface area contributed by atoms with E-state index in [9.17, 15) is 4.79 Å². The molecule has 0 aliphatic heterocycles. The fourth-order valence-corrected chi connectivity index (χ4v) is 3.35. The van der Waals surface area contributed by atoms with Crippen LogP contribution in [0, 0.1) is 5.92 Å². The van der Waals surface area contributed by atoms with Crippen molar-refractivity contribution in [1.29, 1.82) is 0 Å². The summed E-state index contributed by atoms with van der Waals surface area (Å²) in [5.41, 5.74) is 3.22. The van der Waals surface area contributed by atoms with Crippen LogP contribution in [0.5, 0.6) is 5.75 Å². The number of amides is 1.